The van der Waals surface area contributed by atoms with Gasteiger partial charge in [0.1, 0.15) is 5.69 Å². The maximum Gasteiger partial charge on any atom is 0.269 e. The molecule has 96 valence electrons. The van der Waals surface area contributed by atoms with Gasteiger partial charge in [-0.05, 0) is 31.7 Å². The fourth-order valence-corrected chi connectivity index (χ4v) is 1.82. The highest BCUT2D eigenvalue weighted by atomic mass is 35.5. The standard InChI is InChI=1S/C11H18N4O.ClH/c1-7-5-10(15(2)14-7)11(16)13-6-9(12)8-3-4-8;/h5,8-9H,3-4,6,12H2,1-2H3,(H,13,16);1H. The lowest BCUT2D eigenvalue weighted by Gasteiger charge is -2.11. The molecule has 1 aliphatic rings. The number of carbonyl (C=O) groups excluding carboxylic acids is 1. The lowest BCUT2D eigenvalue weighted by Crippen LogP contribution is -2.39. The minimum absolute atomic E-state index is 0. The van der Waals surface area contributed by atoms with E-state index < -0.39 is 0 Å². The Bertz CT molecular complexity index is 400. The number of amides is 1. The van der Waals surface area contributed by atoms with E-state index in [1.807, 2.05) is 6.92 Å². The van der Waals surface area contributed by atoms with Gasteiger partial charge in [0.05, 0.1) is 5.69 Å². The van der Waals surface area contributed by atoms with Gasteiger partial charge >= 0.3 is 0 Å². The molecule has 1 aromatic heterocycles. The zero-order valence-corrected chi connectivity index (χ0v) is 11.0. The van der Waals surface area contributed by atoms with Gasteiger partial charge in [-0.25, -0.2) is 0 Å². The van der Waals surface area contributed by atoms with E-state index in [4.69, 9.17) is 5.73 Å². The molecule has 5 nitrogen and oxygen atoms in total. The van der Waals surface area contributed by atoms with Gasteiger partial charge in [0.15, 0.2) is 0 Å². The first kappa shape index (κ1) is 14.0. The molecule has 1 unspecified atom stereocenters. The van der Waals surface area contributed by atoms with E-state index in [-0.39, 0.29) is 24.4 Å². The zero-order valence-electron chi connectivity index (χ0n) is 10.1. The lowest BCUT2D eigenvalue weighted by atomic mass is 10.2. The Morgan fingerprint density at radius 3 is 2.82 bits per heavy atom. The number of halogens is 1. The fraction of sp³-hybridized carbons (Fsp3) is 0.636. The molecule has 1 aromatic rings. The second-order valence-corrected chi connectivity index (χ2v) is 4.51. The van der Waals surface area contributed by atoms with Crippen LogP contribution in [0.25, 0.3) is 0 Å². The Labute approximate surface area is 107 Å². The van der Waals surface area contributed by atoms with Gasteiger partial charge in [0.2, 0.25) is 0 Å². The molecule has 0 bridgehead atoms. The van der Waals surface area contributed by atoms with E-state index in [1.54, 1.807) is 17.8 Å². The maximum atomic E-state index is 11.8. The van der Waals surface area contributed by atoms with Crippen molar-refractivity contribution in [2.45, 2.75) is 25.8 Å². The third-order valence-electron chi connectivity index (χ3n) is 2.96. The topological polar surface area (TPSA) is 72.9 Å². The van der Waals surface area contributed by atoms with Crippen LogP contribution >= 0.6 is 12.4 Å². The lowest BCUT2D eigenvalue weighted by molar-refractivity contribution is 0.0941. The molecule has 0 radical (unpaired) electrons. The third-order valence-corrected chi connectivity index (χ3v) is 2.96. The van der Waals surface area contributed by atoms with Crippen LogP contribution in [-0.4, -0.2) is 28.3 Å². The molecular formula is C11H19ClN4O. The van der Waals surface area contributed by atoms with Crippen LogP contribution < -0.4 is 11.1 Å². The number of rotatable bonds is 4. The summed E-state index contributed by atoms with van der Waals surface area (Å²) >= 11 is 0. The van der Waals surface area contributed by atoms with E-state index in [1.165, 1.54) is 12.8 Å². The highest BCUT2D eigenvalue weighted by Crippen LogP contribution is 2.31. The monoisotopic (exact) mass is 258 g/mol. The molecule has 3 N–H and O–H groups in total. The van der Waals surface area contributed by atoms with Gasteiger partial charge in [-0.15, -0.1) is 12.4 Å². The number of nitrogens with zero attached hydrogens (tertiary/aromatic N) is 2. The van der Waals surface area contributed by atoms with Gasteiger partial charge in [-0.3, -0.25) is 9.48 Å². The van der Waals surface area contributed by atoms with Crippen molar-refractivity contribution in [3.8, 4) is 0 Å². The molecule has 2 rings (SSSR count). The summed E-state index contributed by atoms with van der Waals surface area (Å²) in [5.74, 6) is 0.507. The smallest absolute Gasteiger partial charge is 0.269 e. The number of aryl methyl sites for hydroxylation is 2. The van der Waals surface area contributed by atoms with E-state index in [2.05, 4.69) is 10.4 Å². The van der Waals surface area contributed by atoms with Crippen LogP contribution in [0.15, 0.2) is 6.07 Å². The minimum Gasteiger partial charge on any atom is -0.349 e. The predicted octanol–water partition coefficient (Wildman–Crippen LogP) is 0.617. The summed E-state index contributed by atoms with van der Waals surface area (Å²) in [6, 6.07) is 1.87. The van der Waals surface area contributed by atoms with Crippen molar-refractivity contribution in [1.29, 1.82) is 0 Å². The van der Waals surface area contributed by atoms with Crippen LogP contribution in [-0.2, 0) is 7.05 Å². The number of aromatic nitrogens is 2. The number of nitrogens with one attached hydrogen (secondary N) is 1. The molecule has 0 saturated heterocycles. The second kappa shape index (κ2) is 5.51. The SMILES string of the molecule is Cc1cc(C(=O)NCC(N)C2CC2)n(C)n1.Cl. The Morgan fingerprint density at radius 2 is 2.35 bits per heavy atom. The Hall–Kier alpha value is -1.07. The van der Waals surface area contributed by atoms with Crippen LogP contribution in [0.1, 0.15) is 29.0 Å². The predicted molar refractivity (Wildman–Crippen MR) is 68.2 cm³/mol. The highest BCUT2D eigenvalue weighted by molar-refractivity contribution is 5.92. The molecule has 1 saturated carbocycles. The van der Waals surface area contributed by atoms with Gasteiger partial charge < -0.3 is 11.1 Å². The van der Waals surface area contributed by atoms with Gasteiger partial charge in [-0.2, -0.15) is 5.10 Å². The average molecular weight is 259 g/mol. The Balaban J connectivity index is 0.00000144. The first-order valence-electron chi connectivity index (χ1n) is 5.62. The molecule has 1 heterocycles. The fourth-order valence-electron chi connectivity index (χ4n) is 1.82. The maximum absolute atomic E-state index is 11.8. The molecular weight excluding hydrogens is 240 g/mol. The van der Waals surface area contributed by atoms with Crippen molar-refractivity contribution in [2.24, 2.45) is 18.7 Å². The number of hydrogen-bond acceptors (Lipinski definition) is 3. The van der Waals surface area contributed by atoms with E-state index in [0.29, 0.717) is 18.2 Å². The normalized spacial score (nSPS) is 16.2. The van der Waals surface area contributed by atoms with Crippen molar-refractivity contribution >= 4 is 18.3 Å². The van der Waals surface area contributed by atoms with E-state index >= 15 is 0 Å². The van der Waals surface area contributed by atoms with Crippen LogP contribution in [0.4, 0.5) is 0 Å². The summed E-state index contributed by atoms with van der Waals surface area (Å²) in [6.45, 7) is 2.42. The van der Waals surface area contributed by atoms with Crippen molar-refractivity contribution in [3.05, 3.63) is 17.5 Å². The molecule has 1 amide bonds. The molecule has 1 aliphatic carbocycles. The summed E-state index contributed by atoms with van der Waals surface area (Å²) in [4.78, 5) is 11.8. The average Bonchev–Trinajstić information content (AvgIpc) is 3.01. The van der Waals surface area contributed by atoms with Gasteiger partial charge in [0.25, 0.3) is 5.91 Å². The van der Waals surface area contributed by atoms with Crippen LogP contribution in [0.2, 0.25) is 0 Å². The zero-order chi connectivity index (χ0) is 11.7. The molecule has 0 aliphatic heterocycles. The summed E-state index contributed by atoms with van der Waals surface area (Å²) in [6.07, 6.45) is 2.39. The molecule has 1 fully saturated rings. The van der Waals surface area contributed by atoms with Crippen molar-refractivity contribution < 1.29 is 4.79 Å². The highest BCUT2D eigenvalue weighted by Gasteiger charge is 2.28. The first-order valence-corrected chi connectivity index (χ1v) is 5.62. The van der Waals surface area contributed by atoms with E-state index in [0.717, 1.165) is 5.69 Å². The largest absolute Gasteiger partial charge is 0.349 e. The second-order valence-electron chi connectivity index (χ2n) is 4.51. The Morgan fingerprint density at radius 1 is 1.71 bits per heavy atom. The molecule has 1 atom stereocenters. The first-order chi connectivity index (χ1) is 7.58. The molecule has 6 heteroatoms. The molecule has 0 spiro atoms. The summed E-state index contributed by atoms with van der Waals surface area (Å²) in [5.41, 5.74) is 7.34. The minimum atomic E-state index is -0.0980. The van der Waals surface area contributed by atoms with Crippen molar-refractivity contribution in [3.63, 3.8) is 0 Å². The molecule has 17 heavy (non-hydrogen) atoms. The summed E-state index contributed by atoms with van der Waals surface area (Å²) in [7, 11) is 1.77. The number of nitrogens with two attached hydrogens (primary N) is 1. The van der Waals surface area contributed by atoms with E-state index in [9.17, 15) is 4.79 Å². The number of carbonyl (C=O) groups is 1. The quantitative estimate of drug-likeness (QED) is 0.832. The number of hydrogen-bond donors (Lipinski definition) is 2. The summed E-state index contributed by atoms with van der Waals surface area (Å²) < 4.78 is 1.59. The van der Waals surface area contributed by atoms with Crippen molar-refractivity contribution in [1.82, 2.24) is 15.1 Å². The van der Waals surface area contributed by atoms with Crippen LogP contribution in [0, 0.1) is 12.8 Å². The summed E-state index contributed by atoms with van der Waals surface area (Å²) in [5, 5.41) is 6.98. The van der Waals surface area contributed by atoms with Gasteiger partial charge in [0, 0.05) is 19.6 Å². The van der Waals surface area contributed by atoms with Crippen LogP contribution in [0.3, 0.4) is 0 Å². The Kier molecular flexibility index (Phi) is 4.54. The van der Waals surface area contributed by atoms with Crippen LogP contribution in [0.5, 0.6) is 0 Å². The molecule has 0 aromatic carbocycles. The van der Waals surface area contributed by atoms with Gasteiger partial charge in [-0.1, -0.05) is 0 Å². The van der Waals surface area contributed by atoms with Crippen molar-refractivity contribution in [2.75, 3.05) is 6.54 Å². The third kappa shape index (κ3) is 3.44.